The quantitative estimate of drug-likeness (QED) is 0.474. The second-order valence-corrected chi connectivity index (χ2v) is 6.68. The minimum atomic E-state index is -0.299. The van der Waals surface area contributed by atoms with Crippen molar-refractivity contribution in [1.29, 1.82) is 0 Å². The minimum absolute atomic E-state index is 0.141. The molecule has 0 spiro atoms. The molecule has 0 unspecified atom stereocenters. The van der Waals surface area contributed by atoms with E-state index in [-0.39, 0.29) is 11.6 Å². The van der Waals surface area contributed by atoms with E-state index in [1.807, 2.05) is 91.9 Å². The standard InChI is InChI=1S/C25H22N2O2/c1-2-29-22-15-13-19(14-16-22)23-17-18-24(28)27(26-23)25(20-9-5-3-6-10-20)21-11-7-4-8-12-21/h3-18,25H,2H2,1H3. The van der Waals surface area contributed by atoms with E-state index in [4.69, 9.17) is 9.84 Å². The van der Waals surface area contributed by atoms with Gasteiger partial charge in [-0.15, -0.1) is 0 Å². The van der Waals surface area contributed by atoms with Crippen LogP contribution in [-0.4, -0.2) is 16.4 Å². The third-order valence-electron chi connectivity index (χ3n) is 4.76. The molecular weight excluding hydrogens is 360 g/mol. The van der Waals surface area contributed by atoms with Gasteiger partial charge in [0.15, 0.2) is 0 Å². The number of hydrogen-bond acceptors (Lipinski definition) is 3. The van der Waals surface area contributed by atoms with E-state index in [9.17, 15) is 4.79 Å². The van der Waals surface area contributed by atoms with Crippen LogP contribution in [0.2, 0.25) is 0 Å². The van der Waals surface area contributed by atoms with Crippen molar-refractivity contribution in [3.8, 4) is 17.0 Å². The van der Waals surface area contributed by atoms with Gasteiger partial charge in [0.2, 0.25) is 0 Å². The average Bonchev–Trinajstić information content (AvgIpc) is 2.78. The van der Waals surface area contributed by atoms with Crippen molar-refractivity contribution in [3.63, 3.8) is 0 Å². The third kappa shape index (κ3) is 4.11. The van der Waals surface area contributed by atoms with Gasteiger partial charge in [0.25, 0.3) is 5.56 Å². The van der Waals surface area contributed by atoms with Gasteiger partial charge in [0.05, 0.1) is 12.3 Å². The molecule has 4 nitrogen and oxygen atoms in total. The summed E-state index contributed by atoms with van der Waals surface area (Å²) in [7, 11) is 0. The predicted octanol–water partition coefficient (Wildman–Crippen LogP) is 4.95. The summed E-state index contributed by atoms with van der Waals surface area (Å²) in [4.78, 5) is 12.8. The first-order valence-corrected chi connectivity index (χ1v) is 9.69. The molecule has 29 heavy (non-hydrogen) atoms. The Morgan fingerprint density at radius 2 is 1.38 bits per heavy atom. The molecule has 4 aromatic rings. The Morgan fingerprint density at radius 3 is 1.93 bits per heavy atom. The second-order valence-electron chi connectivity index (χ2n) is 6.68. The van der Waals surface area contributed by atoms with Gasteiger partial charge in [0, 0.05) is 11.6 Å². The normalized spacial score (nSPS) is 10.8. The highest BCUT2D eigenvalue weighted by molar-refractivity contribution is 5.59. The molecule has 0 atom stereocenters. The van der Waals surface area contributed by atoms with Crippen LogP contribution < -0.4 is 10.3 Å². The van der Waals surface area contributed by atoms with Crippen LogP contribution >= 0.6 is 0 Å². The van der Waals surface area contributed by atoms with Crippen molar-refractivity contribution >= 4 is 0 Å². The molecule has 1 aromatic heterocycles. The van der Waals surface area contributed by atoms with Crippen molar-refractivity contribution in [1.82, 2.24) is 9.78 Å². The van der Waals surface area contributed by atoms with Crippen LogP contribution in [0, 0.1) is 0 Å². The highest BCUT2D eigenvalue weighted by Gasteiger charge is 2.19. The summed E-state index contributed by atoms with van der Waals surface area (Å²) in [6, 6.07) is 30.8. The van der Waals surface area contributed by atoms with Gasteiger partial charge in [-0.05, 0) is 48.4 Å². The number of ether oxygens (including phenoxy) is 1. The fourth-order valence-electron chi connectivity index (χ4n) is 3.40. The molecule has 0 aliphatic rings. The molecule has 0 amide bonds. The van der Waals surface area contributed by atoms with E-state index in [2.05, 4.69) is 0 Å². The third-order valence-corrected chi connectivity index (χ3v) is 4.76. The zero-order chi connectivity index (χ0) is 20.1. The Bertz CT molecular complexity index is 1080. The van der Waals surface area contributed by atoms with Crippen molar-refractivity contribution in [3.05, 3.63) is 119 Å². The molecule has 0 radical (unpaired) electrons. The van der Waals surface area contributed by atoms with E-state index >= 15 is 0 Å². The monoisotopic (exact) mass is 382 g/mol. The lowest BCUT2D eigenvalue weighted by Crippen LogP contribution is -2.28. The fourth-order valence-corrected chi connectivity index (χ4v) is 3.40. The Morgan fingerprint density at radius 1 is 0.793 bits per heavy atom. The Balaban J connectivity index is 1.81. The highest BCUT2D eigenvalue weighted by atomic mass is 16.5. The number of rotatable bonds is 6. The number of hydrogen-bond donors (Lipinski definition) is 0. The lowest BCUT2D eigenvalue weighted by atomic mass is 9.99. The van der Waals surface area contributed by atoms with Crippen molar-refractivity contribution in [2.75, 3.05) is 6.61 Å². The van der Waals surface area contributed by atoms with Crippen molar-refractivity contribution in [2.24, 2.45) is 0 Å². The molecular formula is C25H22N2O2. The molecule has 3 aromatic carbocycles. The first kappa shape index (κ1) is 18.7. The molecule has 0 bridgehead atoms. The zero-order valence-corrected chi connectivity index (χ0v) is 16.2. The van der Waals surface area contributed by atoms with Crippen LogP contribution in [0.5, 0.6) is 5.75 Å². The van der Waals surface area contributed by atoms with Crippen molar-refractivity contribution < 1.29 is 4.74 Å². The van der Waals surface area contributed by atoms with Gasteiger partial charge in [-0.1, -0.05) is 60.7 Å². The Labute approximate surface area is 170 Å². The summed E-state index contributed by atoms with van der Waals surface area (Å²) < 4.78 is 7.08. The summed E-state index contributed by atoms with van der Waals surface area (Å²) in [6.45, 7) is 2.58. The average molecular weight is 382 g/mol. The molecule has 0 aliphatic carbocycles. The van der Waals surface area contributed by atoms with Crippen LogP contribution in [0.1, 0.15) is 24.1 Å². The maximum absolute atomic E-state index is 12.8. The lowest BCUT2D eigenvalue weighted by Gasteiger charge is -2.20. The Hall–Kier alpha value is -3.66. The largest absolute Gasteiger partial charge is 0.494 e. The molecule has 0 saturated heterocycles. The molecule has 0 aliphatic heterocycles. The van der Waals surface area contributed by atoms with E-state index in [0.29, 0.717) is 6.61 Å². The number of aromatic nitrogens is 2. The molecule has 144 valence electrons. The summed E-state index contributed by atoms with van der Waals surface area (Å²) in [5.41, 5.74) is 3.55. The van der Waals surface area contributed by atoms with E-state index in [1.165, 1.54) is 0 Å². The van der Waals surface area contributed by atoms with Gasteiger partial charge >= 0.3 is 0 Å². The van der Waals surface area contributed by atoms with E-state index in [0.717, 1.165) is 28.1 Å². The highest BCUT2D eigenvalue weighted by Crippen LogP contribution is 2.26. The van der Waals surface area contributed by atoms with Gasteiger partial charge in [-0.2, -0.15) is 5.10 Å². The maximum atomic E-state index is 12.8. The maximum Gasteiger partial charge on any atom is 0.267 e. The molecule has 0 N–H and O–H groups in total. The van der Waals surface area contributed by atoms with E-state index in [1.54, 1.807) is 16.8 Å². The molecule has 4 rings (SSSR count). The lowest BCUT2D eigenvalue weighted by molar-refractivity contribution is 0.340. The van der Waals surface area contributed by atoms with Crippen LogP contribution in [0.3, 0.4) is 0 Å². The summed E-state index contributed by atoms with van der Waals surface area (Å²) in [5.74, 6) is 0.816. The molecule has 4 heteroatoms. The predicted molar refractivity (Wildman–Crippen MR) is 115 cm³/mol. The van der Waals surface area contributed by atoms with Crippen LogP contribution in [0.25, 0.3) is 11.3 Å². The molecule has 0 saturated carbocycles. The van der Waals surface area contributed by atoms with Crippen molar-refractivity contribution in [2.45, 2.75) is 13.0 Å². The smallest absolute Gasteiger partial charge is 0.267 e. The summed E-state index contributed by atoms with van der Waals surface area (Å²) in [5, 5.41) is 4.73. The molecule has 0 fully saturated rings. The second kappa shape index (κ2) is 8.57. The van der Waals surface area contributed by atoms with Crippen LogP contribution in [0.4, 0.5) is 0 Å². The zero-order valence-electron chi connectivity index (χ0n) is 16.2. The number of nitrogens with zero attached hydrogens (tertiary/aromatic N) is 2. The summed E-state index contributed by atoms with van der Waals surface area (Å²) in [6.07, 6.45) is 0. The van der Waals surface area contributed by atoms with Gasteiger partial charge < -0.3 is 4.74 Å². The van der Waals surface area contributed by atoms with Crippen LogP contribution in [-0.2, 0) is 0 Å². The van der Waals surface area contributed by atoms with Gasteiger partial charge in [-0.3, -0.25) is 4.79 Å². The van der Waals surface area contributed by atoms with Crippen LogP contribution in [0.15, 0.2) is 102 Å². The minimum Gasteiger partial charge on any atom is -0.494 e. The van der Waals surface area contributed by atoms with Gasteiger partial charge in [-0.25, -0.2) is 4.68 Å². The topological polar surface area (TPSA) is 44.1 Å². The number of benzene rings is 3. The SMILES string of the molecule is CCOc1ccc(-c2ccc(=O)n(C(c3ccccc3)c3ccccc3)n2)cc1. The first-order valence-electron chi connectivity index (χ1n) is 9.69. The fraction of sp³-hybridized carbons (Fsp3) is 0.120. The summed E-state index contributed by atoms with van der Waals surface area (Å²) >= 11 is 0. The van der Waals surface area contributed by atoms with Gasteiger partial charge in [0.1, 0.15) is 11.8 Å². The molecule has 1 heterocycles. The first-order chi connectivity index (χ1) is 14.3. The van der Waals surface area contributed by atoms with E-state index < -0.39 is 0 Å². The Kier molecular flexibility index (Phi) is 5.52.